The maximum atomic E-state index is 11.7. The molecule has 3 fully saturated rings. The molecule has 0 aromatic heterocycles. The number of carbonyl (C=O) groups excluding carboxylic acids is 1. The summed E-state index contributed by atoms with van der Waals surface area (Å²) in [4.78, 5) is 11.7. The summed E-state index contributed by atoms with van der Waals surface area (Å²) in [6.07, 6.45) is 5.04. The van der Waals surface area contributed by atoms with Gasteiger partial charge in [-0.15, -0.1) is 0 Å². The predicted octanol–water partition coefficient (Wildman–Crippen LogP) is 2.26. The average molecular weight is 164 g/mol. The quantitative estimate of drug-likeness (QED) is 0.536. The Hall–Kier alpha value is -0.330. The van der Waals surface area contributed by atoms with Gasteiger partial charge < -0.3 is 0 Å². The first kappa shape index (κ1) is 7.11. The zero-order valence-electron chi connectivity index (χ0n) is 7.62. The van der Waals surface area contributed by atoms with Crippen molar-refractivity contribution >= 4 is 5.78 Å². The monoisotopic (exact) mass is 164 g/mol. The van der Waals surface area contributed by atoms with E-state index in [2.05, 4.69) is 6.92 Å². The SMILES string of the molecule is C[C@@H]1CC(=O)[C@H]2[C@@H]3CC[C@@H](C3)[C@H]21. The highest BCUT2D eigenvalue weighted by atomic mass is 16.1. The van der Waals surface area contributed by atoms with Gasteiger partial charge in [0.05, 0.1) is 0 Å². The maximum absolute atomic E-state index is 11.7. The minimum atomic E-state index is 0.513. The summed E-state index contributed by atoms with van der Waals surface area (Å²) in [6.45, 7) is 2.28. The van der Waals surface area contributed by atoms with Gasteiger partial charge in [-0.25, -0.2) is 0 Å². The Morgan fingerprint density at radius 1 is 1.25 bits per heavy atom. The van der Waals surface area contributed by atoms with Crippen molar-refractivity contribution < 1.29 is 4.79 Å². The van der Waals surface area contributed by atoms with Crippen molar-refractivity contribution in [3.05, 3.63) is 0 Å². The highest BCUT2D eigenvalue weighted by Gasteiger charge is 2.55. The summed E-state index contributed by atoms with van der Waals surface area (Å²) in [5.74, 6) is 4.35. The van der Waals surface area contributed by atoms with E-state index in [1.807, 2.05) is 0 Å². The van der Waals surface area contributed by atoms with Crippen LogP contribution in [0.5, 0.6) is 0 Å². The fraction of sp³-hybridized carbons (Fsp3) is 0.909. The molecular weight excluding hydrogens is 148 g/mol. The first-order valence-electron chi connectivity index (χ1n) is 5.30. The van der Waals surface area contributed by atoms with E-state index in [0.717, 1.165) is 24.2 Å². The van der Waals surface area contributed by atoms with E-state index in [1.165, 1.54) is 19.3 Å². The highest BCUT2D eigenvalue weighted by molar-refractivity contribution is 5.84. The molecule has 3 aliphatic carbocycles. The fourth-order valence-electron chi connectivity index (χ4n) is 4.22. The van der Waals surface area contributed by atoms with E-state index in [9.17, 15) is 4.79 Å². The van der Waals surface area contributed by atoms with Gasteiger partial charge in [-0.05, 0) is 42.9 Å². The lowest BCUT2D eigenvalue weighted by atomic mass is 9.78. The molecule has 0 aromatic carbocycles. The molecule has 3 aliphatic rings. The lowest BCUT2D eigenvalue weighted by Gasteiger charge is -2.25. The largest absolute Gasteiger partial charge is 0.299 e. The van der Waals surface area contributed by atoms with Crippen LogP contribution in [0.25, 0.3) is 0 Å². The number of carbonyl (C=O) groups is 1. The minimum Gasteiger partial charge on any atom is -0.299 e. The van der Waals surface area contributed by atoms with Crippen LogP contribution < -0.4 is 0 Å². The van der Waals surface area contributed by atoms with E-state index < -0.39 is 0 Å². The number of rotatable bonds is 0. The first-order valence-corrected chi connectivity index (χ1v) is 5.30. The van der Waals surface area contributed by atoms with Gasteiger partial charge in [-0.3, -0.25) is 4.79 Å². The van der Waals surface area contributed by atoms with E-state index in [-0.39, 0.29) is 0 Å². The fourth-order valence-corrected chi connectivity index (χ4v) is 4.22. The van der Waals surface area contributed by atoms with Gasteiger partial charge >= 0.3 is 0 Å². The number of hydrogen-bond donors (Lipinski definition) is 0. The standard InChI is InChI=1S/C11H16O/c1-6-4-9(12)11-8-3-2-7(5-8)10(6)11/h6-8,10-11H,2-5H2,1H3/t6-,7+,8-,10-,11-/m1/s1. The van der Waals surface area contributed by atoms with Gasteiger partial charge in [0.2, 0.25) is 0 Å². The Bertz CT molecular complexity index is 233. The van der Waals surface area contributed by atoms with Gasteiger partial charge in [-0.1, -0.05) is 6.92 Å². The van der Waals surface area contributed by atoms with Crippen LogP contribution in [-0.4, -0.2) is 5.78 Å². The average Bonchev–Trinajstić information content (AvgIpc) is 2.64. The number of ketones is 1. The van der Waals surface area contributed by atoms with Crippen molar-refractivity contribution in [3.63, 3.8) is 0 Å². The summed E-state index contributed by atoms with van der Waals surface area (Å²) in [7, 11) is 0. The normalized spacial score (nSPS) is 56.4. The first-order chi connectivity index (χ1) is 5.77. The molecule has 0 amide bonds. The van der Waals surface area contributed by atoms with Crippen molar-refractivity contribution in [3.8, 4) is 0 Å². The molecule has 2 bridgehead atoms. The molecule has 1 heteroatoms. The third-order valence-electron chi connectivity index (χ3n) is 4.53. The van der Waals surface area contributed by atoms with Crippen molar-refractivity contribution in [2.45, 2.75) is 32.6 Å². The van der Waals surface area contributed by atoms with E-state index in [4.69, 9.17) is 0 Å². The van der Waals surface area contributed by atoms with Gasteiger partial charge in [0.15, 0.2) is 0 Å². The number of hydrogen-bond acceptors (Lipinski definition) is 1. The van der Waals surface area contributed by atoms with Crippen LogP contribution in [0.2, 0.25) is 0 Å². The smallest absolute Gasteiger partial charge is 0.136 e. The summed E-state index contributed by atoms with van der Waals surface area (Å²) in [5.41, 5.74) is 0. The maximum Gasteiger partial charge on any atom is 0.136 e. The summed E-state index contributed by atoms with van der Waals surface area (Å²) < 4.78 is 0. The zero-order chi connectivity index (χ0) is 8.29. The summed E-state index contributed by atoms with van der Waals surface area (Å²) in [6, 6.07) is 0. The molecule has 0 heterocycles. The Balaban J connectivity index is 1.97. The molecule has 5 atom stereocenters. The van der Waals surface area contributed by atoms with Crippen molar-refractivity contribution in [1.82, 2.24) is 0 Å². The molecule has 0 aromatic rings. The molecule has 66 valence electrons. The second-order valence-electron chi connectivity index (χ2n) is 5.08. The third kappa shape index (κ3) is 0.681. The molecule has 12 heavy (non-hydrogen) atoms. The Kier molecular flexibility index (Phi) is 1.26. The molecule has 0 unspecified atom stereocenters. The number of fused-ring (bicyclic) bond motifs is 5. The highest BCUT2D eigenvalue weighted by Crippen LogP contribution is 2.59. The van der Waals surface area contributed by atoms with Crippen LogP contribution in [0.1, 0.15) is 32.6 Å². The van der Waals surface area contributed by atoms with Crippen LogP contribution in [0, 0.1) is 29.6 Å². The number of Topliss-reactive ketones (excluding diaryl/α,β-unsaturated/α-hetero) is 1. The minimum absolute atomic E-state index is 0.513. The van der Waals surface area contributed by atoms with Crippen LogP contribution in [0.15, 0.2) is 0 Å². The van der Waals surface area contributed by atoms with Gasteiger partial charge in [0.25, 0.3) is 0 Å². The van der Waals surface area contributed by atoms with E-state index in [0.29, 0.717) is 17.6 Å². The Morgan fingerprint density at radius 3 is 2.75 bits per heavy atom. The van der Waals surface area contributed by atoms with Gasteiger partial charge in [0.1, 0.15) is 5.78 Å². The molecule has 3 saturated carbocycles. The Morgan fingerprint density at radius 2 is 2.00 bits per heavy atom. The molecule has 0 aliphatic heterocycles. The molecular formula is C11H16O. The predicted molar refractivity (Wildman–Crippen MR) is 46.6 cm³/mol. The van der Waals surface area contributed by atoms with E-state index in [1.54, 1.807) is 0 Å². The molecule has 0 spiro atoms. The summed E-state index contributed by atoms with van der Waals surface area (Å²) in [5, 5.41) is 0. The van der Waals surface area contributed by atoms with Crippen molar-refractivity contribution in [2.75, 3.05) is 0 Å². The lowest BCUT2D eigenvalue weighted by molar-refractivity contribution is -0.122. The van der Waals surface area contributed by atoms with Gasteiger partial charge in [0, 0.05) is 12.3 Å². The van der Waals surface area contributed by atoms with Crippen LogP contribution >= 0.6 is 0 Å². The van der Waals surface area contributed by atoms with Crippen LogP contribution in [0.3, 0.4) is 0 Å². The van der Waals surface area contributed by atoms with E-state index >= 15 is 0 Å². The molecule has 1 nitrogen and oxygen atoms in total. The molecule has 3 rings (SSSR count). The lowest BCUT2D eigenvalue weighted by Crippen LogP contribution is -2.23. The third-order valence-corrected chi connectivity index (χ3v) is 4.53. The molecule has 0 radical (unpaired) electrons. The zero-order valence-corrected chi connectivity index (χ0v) is 7.62. The van der Waals surface area contributed by atoms with Crippen molar-refractivity contribution in [2.24, 2.45) is 29.6 Å². The van der Waals surface area contributed by atoms with Crippen LogP contribution in [-0.2, 0) is 4.79 Å². The van der Waals surface area contributed by atoms with Crippen molar-refractivity contribution in [1.29, 1.82) is 0 Å². The molecule has 0 saturated heterocycles. The van der Waals surface area contributed by atoms with Gasteiger partial charge in [-0.2, -0.15) is 0 Å². The molecule has 0 N–H and O–H groups in total. The second kappa shape index (κ2) is 2.12. The summed E-state index contributed by atoms with van der Waals surface area (Å²) >= 11 is 0. The Labute approximate surface area is 73.5 Å². The van der Waals surface area contributed by atoms with Crippen LogP contribution in [0.4, 0.5) is 0 Å². The second-order valence-corrected chi connectivity index (χ2v) is 5.08. The topological polar surface area (TPSA) is 17.1 Å².